The monoisotopic (exact) mass is 374 g/mol. The third kappa shape index (κ3) is 3.94. The number of pyridine rings is 1. The summed E-state index contributed by atoms with van der Waals surface area (Å²) in [6.07, 6.45) is 0. The van der Waals surface area contributed by atoms with E-state index < -0.39 is 10.9 Å². The number of nitrogens with one attached hydrogen (secondary N) is 1. The molecule has 0 aliphatic rings. The van der Waals surface area contributed by atoms with Crippen LogP contribution in [0.1, 0.15) is 15.9 Å². The average Bonchev–Trinajstić information content (AvgIpc) is 2.73. The van der Waals surface area contributed by atoms with E-state index in [0.717, 1.165) is 5.56 Å². The molecule has 1 heterocycles. The summed E-state index contributed by atoms with van der Waals surface area (Å²) >= 11 is 0. The average molecular weight is 374 g/mol. The Morgan fingerprint density at radius 3 is 2.36 bits per heavy atom. The van der Waals surface area contributed by atoms with E-state index in [1.165, 1.54) is 13.2 Å². The first-order valence-corrected chi connectivity index (χ1v) is 8.13. The SMILES string of the molecule is COC(=O)c1ccc(Nc2nc(-c3ccc(C#N)cc3)ccc2[N+](=O)[O-])cc1. The molecule has 0 amide bonds. The molecule has 2 aromatic carbocycles. The van der Waals surface area contributed by atoms with Gasteiger partial charge in [0.25, 0.3) is 0 Å². The van der Waals surface area contributed by atoms with Crippen molar-refractivity contribution in [1.82, 2.24) is 4.98 Å². The summed E-state index contributed by atoms with van der Waals surface area (Å²) in [4.78, 5) is 26.7. The van der Waals surface area contributed by atoms with Crippen LogP contribution >= 0.6 is 0 Å². The normalized spacial score (nSPS) is 10.0. The van der Waals surface area contributed by atoms with Crippen LogP contribution in [0.25, 0.3) is 11.3 Å². The number of aromatic nitrogens is 1. The van der Waals surface area contributed by atoms with Crippen molar-refractivity contribution in [1.29, 1.82) is 5.26 Å². The molecule has 0 fully saturated rings. The van der Waals surface area contributed by atoms with Crippen molar-refractivity contribution in [2.24, 2.45) is 0 Å². The lowest BCUT2D eigenvalue weighted by atomic mass is 10.1. The van der Waals surface area contributed by atoms with Crippen LogP contribution in [-0.4, -0.2) is 23.0 Å². The molecule has 0 radical (unpaired) electrons. The highest BCUT2D eigenvalue weighted by Gasteiger charge is 2.17. The van der Waals surface area contributed by atoms with Gasteiger partial charge in [-0.3, -0.25) is 10.1 Å². The van der Waals surface area contributed by atoms with Crippen molar-refractivity contribution in [3.05, 3.63) is 81.9 Å². The molecule has 3 rings (SSSR count). The van der Waals surface area contributed by atoms with Crippen molar-refractivity contribution >= 4 is 23.2 Å². The van der Waals surface area contributed by atoms with Crippen LogP contribution in [0.2, 0.25) is 0 Å². The number of nitrogens with zero attached hydrogens (tertiary/aromatic N) is 3. The van der Waals surface area contributed by atoms with Crippen molar-refractivity contribution in [2.75, 3.05) is 12.4 Å². The Labute approximate surface area is 160 Å². The standard InChI is InChI=1S/C20H14N4O4/c1-28-20(25)15-6-8-16(9-7-15)22-19-18(24(26)27)11-10-17(23-19)14-4-2-13(12-21)3-5-14/h2-11H,1H3,(H,22,23). The minimum absolute atomic E-state index is 0.0673. The molecule has 0 saturated carbocycles. The highest BCUT2D eigenvalue weighted by atomic mass is 16.6. The van der Waals surface area contributed by atoms with Gasteiger partial charge in [0, 0.05) is 17.3 Å². The molecule has 0 bridgehead atoms. The third-order valence-electron chi connectivity index (χ3n) is 3.95. The molecule has 0 spiro atoms. The molecule has 1 N–H and O–H groups in total. The van der Waals surface area contributed by atoms with Crippen molar-refractivity contribution in [3.63, 3.8) is 0 Å². The summed E-state index contributed by atoms with van der Waals surface area (Å²) in [7, 11) is 1.29. The molecule has 28 heavy (non-hydrogen) atoms. The number of rotatable bonds is 5. The second-order valence-electron chi connectivity index (χ2n) is 5.70. The fraction of sp³-hybridized carbons (Fsp3) is 0.0500. The number of nitriles is 1. The van der Waals surface area contributed by atoms with Gasteiger partial charge in [-0.15, -0.1) is 0 Å². The van der Waals surface area contributed by atoms with E-state index in [1.807, 2.05) is 6.07 Å². The lowest BCUT2D eigenvalue weighted by Gasteiger charge is -2.09. The number of esters is 1. The van der Waals surface area contributed by atoms with Gasteiger partial charge < -0.3 is 10.1 Å². The fourth-order valence-electron chi connectivity index (χ4n) is 2.51. The number of carbonyl (C=O) groups is 1. The minimum atomic E-state index is -0.527. The Hall–Kier alpha value is -4.25. The lowest BCUT2D eigenvalue weighted by molar-refractivity contribution is -0.384. The van der Waals surface area contributed by atoms with Gasteiger partial charge in [0.2, 0.25) is 5.82 Å². The quantitative estimate of drug-likeness (QED) is 0.406. The fourth-order valence-corrected chi connectivity index (χ4v) is 2.51. The first-order valence-electron chi connectivity index (χ1n) is 8.13. The van der Waals surface area contributed by atoms with Gasteiger partial charge in [0.15, 0.2) is 0 Å². The number of nitro groups is 1. The largest absolute Gasteiger partial charge is 0.465 e. The van der Waals surface area contributed by atoms with Crippen LogP contribution < -0.4 is 5.32 Å². The Bertz CT molecular complexity index is 1070. The van der Waals surface area contributed by atoms with Crippen molar-refractivity contribution in [2.45, 2.75) is 0 Å². The number of methoxy groups -OCH3 is 1. The van der Waals surface area contributed by atoms with Gasteiger partial charge in [-0.2, -0.15) is 5.26 Å². The molecule has 1 aromatic heterocycles. The minimum Gasteiger partial charge on any atom is -0.465 e. The zero-order chi connectivity index (χ0) is 20.1. The van der Waals surface area contributed by atoms with E-state index in [-0.39, 0.29) is 11.5 Å². The topological polar surface area (TPSA) is 118 Å². The van der Waals surface area contributed by atoms with Gasteiger partial charge in [0.05, 0.1) is 34.9 Å². The second kappa shape index (κ2) is 7.97. The molecular formula is C20H14N4O4. The molecule has 0 atom stereocenters. The van der Waals surface area contributed by atoms with Gasteiger partial charge in [-0.25, -0.2) is 9.78 Å². The third-order valence-corrected chi connectivity index (χ3v) is 3.95. The maximum Gasteiger partial charge on any atom is 0.337 e. The van der Waals surface area contributed by atoms with E-state index >= 15 is 0 Å². The summed E-state index contributed by atoms with van der Waals surface area (Å²) in [5, 5.41) is 23.2. The molecule has 0 saturated heterocycles. The van der Waals surface area contributed by atoms with Crippen molar-refractivity contribution in [3.8, 4) is 17.3 Å². The highest BCUT2D eigenvalue weighted by molar-refractivity contribution is 5.89. The number of anilines is 2. The van der Waals surface area contributed by atoms with Gasteiger partial charge in [-0.1, -0.05) is 12.1 Å². The number of hydrogen-bond acceptors (Lipinski definition) is 7. The number of hydrogen-bond donors (Lipinski definition) is 1. The maximum absolute atomic E-state index is 11.5. The lowest BCUT2D eigenvalue weighted by Crippen LogP contribution is -2.03. The Morgan fingerprint density at radius 2 is 1.79 bits per heavy atom. The van der Waals surface area contributed by atoms with Crippen LogP contribution in [-0.2, 0) is 4.74 Å². The second-order valence-corrected chi connectivity index (χ2v) is 5.70. The molecule has 8 nitrogen and oxygen atoms in total. The first kappa shape index (κ1) is 18.5. The number of carbonyl (C=O) groups excluding carboxylic acids is 1. The predicted octanol–water partition coefficient (Wildman–Crippen LogP) is 4.06. The summed E-state index contributed by atoms with van der Waals surface area (Å²) < 4.78 is 4.65. The van der Waals surface area contributed by atoms with Crippen LogP contribution in [0, 0.1) is 21.4 Å². The number of benzene rings is 2. The van der Waals surface area contributed by atoms with Crippen LogP contribution in [0.5, 0.6) is 0 Å². The zero-order valence-electron chi connectivity index (χ0n) is 14.7. The summed E-state index contributed by atoms with van der Waals surface area (Å²) in [6, 6.07) is 18.0. The van der Waals surface area contributed by atoms with Gasteiger partial charge in [-0.05, 0) is 42.5 Å². The smallest absolute Gasteiger partial charge is 0.337 e. The summed E-state index contributed by atoms with van der Waals surface area (Å²) in [5.74, 6) is -0.406. The molecular weight excluding hydrogens is 360 g/mol. The van der Waals surface area contributed by atoms with Crippen LogP contribution in [0.15, 0.2) is 60.7 Å². The van der Waals surface area contributed by atoms with Gasteiger partial charge in [0.1, 0.15) is 0 Å². The van der Waals surface area contributed by atoms with E-state index in [9.17, 15) is 14.9 Å². The molecule has 138 valence electrons. The van der Waals surface area contributed by atoms with Crippen LogP contribution in [0.4, 0.5) is 17.2 Å². The first-order chi connectivity index (χ1) is 13.5. The van der Waals surface area contributed by atoms with E-state index in [2.05, 4.69) is 15.0 Å². The van der Waals surface area contributed by atoms with Gasteiger partial charge >= 0.3 is 11.7 Å². The van der Waals surface area contributed by atoms with Crippen LogP contribution in [0.3, 0.4) is 0 Å². The summed E-state index contributed by atoms with van der Waals surface area (Å²) in [6.45, 7) is 0. The summed E-state index contributed by atoms with van der Waals surface area (Å²) in [5.41, 5.74) is 2.45. The van der Waals surface area contributed by atoms with E-state index in [0.29, 0.717) is 22.5 Å². The molecule has 8 heteroatoms. The van der Waals surface area contributed by atoms with Crippen molar-refractivity contribution < 1.29 is 14.5 Å². The highest BCUT2D eigenvalue weighted by Crippen LogP contribution is 2.29. The predicted molar refractivity (Wildman–Crippen MR) is 102 cm³/mol. The Kier molecular flexibility index (Phi) is 5.28. The molecule has 0 aliphatic carbocycles. The Morgan fingerprint density at radius 1 is 1.11 bits per heavy atom. The van der Waals surface area contributed by atoms with E-state index in [1.54, 1.807) is 54.6 Å². The zero-order valence-corrected chi connectivity index (χ0v) is 14.7. The Balaban J connectivity index is 1.94. The molecule has 3 aromatic rings. The molecule has 0 aliphatic heterocycles. The number of ether oxygens (including phenoxy) is 1. The van der Waals surface area contributed by atoms with E-state index in [4.69, 9.17) is 5.26 Å². The maximum atomic E-state index is 11.5. The molecule has 0 unspecified atom stereocenters.